The summed E-state index contributed by atoms with van der Waals surface area (Å²) < 4.78 is 5.48. The Hall–Kier alpha value is -0.720. The summed E-state index contributed by atoms with van der Waals surface area (Å²) in [4.78, 5) is 11.5. The summed E-state index contributed by atoms with van der Waals surface area (Å²) in [7, 11) is 0. The Kier molecular flexibility index (Phi) is 3.50. The molecule has 82 valence electrons. The second-order valence-electron chi connectivity index (χ2n) is 3.30. The van der Waals surface area contributed by atoms with Crippen LogP contribution in [0.4, 0.5) is 0 Å². The van der Waals surface area contributed by atoms with E-state index in [1.807, 2.05) is 0 Å². The molecule has 15 heavy (non-hydrogen) atoms. The Balaban J connectivity index is 1.81. The number of amides is 1. The number of halogens is 1. The summed E-state index contributed by atoms with van der Waals surface area (Å²) in [5, 5.41) is 10.3. The molecule has 1 amide bonds. The van der Waals surface area contributed by atoms with Crippen LogP contribution >= 0.6 is 22.9 Å². The van der Waals surface area contributed by atoms with E-state index >= 15 is 0 Å². The molecule has 1 atom stereocenters. The van der Waals surface area contributed by atoms with Crippen molar-refractivity contribution in [3.05, 3.63) is 9.47 Å². The van der Waals surface area contributed by atoms with Crippen LogP contribution in [0.15, 0.2) is 0 Å². The summed E-state index contributed by atoms with van der Waals surface area (Å²) >= 11 is 6.65. The minimum atomic E-state index is -0.216. The van der Waals surface area contributed by atoms with E-state index in [4.69, 9.17) is 16.3 Å². The fourth-order valence-corrected chi connectivity index (χ4v) is 2.10. The standard InChI is InChI=1S/C8H10ClN3O2S/c9-8-12-11-7(15-8)6(13)10-3-5-1-2-14-4-5/h5H,1-4H2,(H,10,13). The average molecular weight is 248 g/mol. The molecule has 1 aromatic heterocycles. The fourth-order valence-electron chi connectivity index (χ4n) is 1.35. The fraction of sp³-hybridized carbons (Fsp3) is 0.625. The van der Waals surface area contributed by atoms with Crippen LogP contribution in [0.3, 0.4) is 0 Å². The number of hydrogen-bond acceptors (Lipinski definition) is 5. The van der Waals surface area contributed by atoms with Gasteiger partial charge < -0.3 is 10.1 Å². The molecule has 2 rings (SSSR count). The third kappa shape index (κ3) is 2.87. The average Bonchev–Trinajstić information content (AvgIpc) is 2.84. The van der Waals surface area contributed by atoms with Crippen molar-refractivity contribution < 1.29 is 9.53 Å². The molecular weight excluding hydrogens is 238 g/mol. The molecule has 5 nitrogen and oxygen atoms in total. The molecule has 1 aliphatic heterocycles. The Morgan fingerprint density at radius 2 is 2.53 bits per heavy atom. The highest BCUT2D eigenvalue weighted by atomic mass is 35.5. The number of nitrogens with one attached hydrogen (secondary N) is 1. The van der Waals surface area contributed by atoms with Gasteiger partial charge in [0.15, 0.2) is 0 Å². The molecule has 0 aliphatic carbocycles. The second-order valence-corrected chi connectivity index (χ2v) is 4.86. The van der Waals surface area contributed by atoms with Gasteiger partial charge in [0.25, 0.3) is 5.91 Å². The molecule has 2 heterocycles. The third-order valence-corrected chi connectivity index (χ3v) is 3.19. The number of hydrogen-bond donors (Lipinski definition) is 1. The molecule has 0 spiro atoms. The van der Waals surface area contributed by atoms with Gasteiger partial charge in [0.05, 0.1) is 6.61 Å². The van der Waals surface area contributed by atoms with Gasteiger partial charge >= 0.3 is 0 Å². The van der Waals surface area contributed by atoms with Gasteiger partial charge in [0.1, 0.15) is 0 Å². The second kappa shape index (κ2) is 4.87. The van der Waals surface area contributed by atoms with Crippen molar-refractivity contribution >= 4 is 28.8 Å². The Morgan fingerprint density at radius 3 is 3.13 bits per heavy atom. The van der Waals surface area contributed by atoms with Gasteiger partial charge in [-0.2, -0.15) is 0 Å². The van der Waals surface area contributed by atoms with Crippen LogP contribution in [0.25, 0.3) is 0 Å². The maximum Gasteiger partial charge on any atom is 0.282 e. The molecule has 1 aliphatic rings. The van der Waals surface area contributed by atoms with E-state index in [-0.39, 0.29) is 10.4 Å². The lowest BCUT2D eigenvalue weighted by Crippen LogP contribution is -2.29. The molecule has 0 saturated carbocycles. The summed E-state index contributed by atoms with van der Waals surface area (Å²) in [6, 6.07) is 0. The lowest BCUT2D eigenvalue weighted by molar-refractivity contribution is 0.0944. The molecule has 0 bridgehead atoms. The zero-order valence-electron chi connectivity index (χ0n) is 7.90. The van der Waals surface area contributed by atoms with E-state index in [2.05, 4.69) is 15.5 Å². The molecule has 1 N–H and O–H groups in total. The monoisotopic (exact) mass is 247 g/mol. The topological polar surface area (TPSA) is 64.1 Å². The van der Waals surface area contributed by atoms with Crippen LogP contribution in [-0.4, -0.2) is 35.9 Å². The van der Waals surface area contributed by atoms with Crippen LogP contribution < -0.4 is 5.32 Å². The zero-order valence-corrected chi connectivity index (χ0v) is 9.48. The number of nitrogens with zero attached hydrogens (tertiary/aromatic N) is 2. The smallest absolute Gasteiger partial charge is 0.282 e. The maximum atomic E-state index is 11.5. The number of aromatic nitrogens is 2. The predicted octanol–water partition coefficient (Wildman–Crippen LogP) is 0.958. The van der Waals surface area contributed by atoms with Crippen molar-refractivity contribution in [3.63, 3.8) is 0 Å². The van der Waals surface area contributed by atoms with Crippen LogP contribution in [0.2, 0.25) is 4.47 Å². The summed E-state index contributed by atoms with van der Waals surface area (Å²) in [5.74, 6) is 0.198. The molecule has 1 fully saturated rings. The first-order valence-corrected chi connectivity index (χ1v) is 5.80. The largest absolute Gasteiger partial charge is 0.381 e. The van der Waals surface area contributed by atoms with Crippen LogP contribution in [0, 0.1) is 5.92 Å². The highest BCUT2D eigenvalue weighted by Crippen LogP contribution is 2.15. The first-order valence-electron chi connectivity index (χ1n) is 4.60. The summed E-state index contributed by atoms with van der Waals surface area (Å²) in [5.41, 5.74) is 0. The predicted molar refractivity (Wildman–Crippen MR) is 56.2 cm³/mol. The molecule has 7 heteroatoms. The van der Waals surface area contributed by atoms with Crippen molar-refractivity contribution in [1.82, 2.24) is 15.5 Å². The van der Waals surface area contributed by atoms with Crippen LogP contribution in [0.1, 0.15) is 16.2 Å². The number of carbonyl (C=O) groups excluding carboxylic acids is 1. The van der Waals surface area contributed by atoms with Crippen molar-refractivity contribution in [1.29, 1.82) is 0 Å². The lowest BCUT2D eigenvalue weighted by atomic mass is 10.1. The van der Waals surface area contributed by atoms with Crippen molar-refractivity contribution in [2.24, 2.45) is 5.92 Å². The minimum Gasteiger partial charge on any atom is -0.381 e. The van der Waals surface area contributed by atoms with E-state index in [9.17, 15) is 4.79 Å². The third-order valence-electron chi connectivity index (χ3n) is 2.17. The minimum absolute atomic E-state index is 0.216. The molecule has 0 aromatic carbocycles. The van der Waals surface area contributed by atoms with E-state index < -0.39 is 0 Å². The van der Waals surface area contributed by atoms with Gasteiger partial charge in [-0.25, -0.2) is 0 Å². The van der Waals surface area contributed by atoms with Crippen LogP contribution in [0.5, 0.6) is 0 Å². The van der Waals surface area contributed by atoms with Gasteiger partial charge in [0.2, 0.25) is 9.47 Å². The normalized spacial score (nSPS) is 20.5. The first kappa shape index (κ1) is 10.8. The van der Waals surface area contributed by atoms with Gasteiger partial charge in [-0.1, -0.05) is 11.3 Å². The molecular formula is C8H10ClN3O2S. The van der Waals surface area contributed by atoms with Crippen molar-refractivity contribution in [2.75, 3.05) is 19.8 Å². The first-order chi connectivity index (χ1) is 7.25. The molecule has 1 unspecified atom stereocenters. The molecule has 1 saturated heterocycles. The van der Waals surface area contributed by atoms with Gasteiger partial charge in [0, 0.05) is 19.1 Å². The summed E-state index contributed by atoms with van der Waals surface area (Å²) in [6.45, 7) is 2.12. The van der Waals surface area contributed by atoms with Crippen molar-refractivity contribution in [2.45, 2.75) is 6.42 Å². The van der Waals surface area contributed by atoms with E-state index in [1.54, 1.807) is 0 Å². The summed E-state index contributed by atoms with van der Waals surface area (Å²) in [6.07, 6.45) is 0.997. The maximum absolute atomic E-state index is 11.5. The zero-order chi connectivity index (χ0) is 10.7. The quantitative estimate of drug-likeness (QED) is 0.864. The lowest BCUT2D eigenvalue weighted by Gasteiger charge is -2.07. The van der Waals surface area contributed by atoms with Gasteiger partial charge in [-0.15, -0.1) is 10.2 Å². The highest BCUT2D eigenvalue weighted by molar-refractivity contribution is 7.17. The van der Waals surface area contributed by atoms with Crippen LogP contribution in [-0.2, 0) is 4.74 Å². The van der Waals surface area contributed by atoms with E-state index in [0.29, 0.717) is 17.5 Å². The van der Waals surface area contributed by atoms with E-state index in [1.165, 1.54) is 0 Å². The van der Waals surface area contributed by atoms with E-state index in [0.717, 1.165) is 31.0 Å². The Labute approximate surface area is 95.8 Å². The Bertz CT molecular complexity index is 351. The van der Waals surface area contributed by atoms with Crippen molar-refractivity contribution in [3.8, 4) is 0 Å². The van der Waals surface area contributed by atoms with Gasteiger partial charge in [-0.3, -0.25) is 4.79 Å². The number of ether oxygens (including phenoxy) is 1. The van der Waals surface area contributed by atoms with Gasteiger partial charge in [-0.05, 0) is 18.0 Å². The molecule has 0 radical (unpaired) electrons. The Morgan fingerprint density at radius 1 is 1.67 bits per heavy atom. The molecule has 1 aromatic rings. The number of carbonyl (C=O) groups is 1. The SMILES string of the molecule is O=C(NCC1CCOC1)c1nnc(Cl)s1. The number of rotatable bonds is 3. The highest BCUT2D eigenvalue weighted by Gasteiger charge is 2.18.